The van der Waals surface area contributed by atoms with Crippen LogP contribution in [0.15, 0.2) is 28.8 Å². The lowest BCUT2D eigenvalue weighted by atomic mass is 10.1. The van der Waals surface area contributed by atoms with Gasteiger partial charge in [-0.05, 0) is 18.1 Å². The van der Waals surface area contributed by atoms with Crippen LogP contribution in [0.1, 0.15) is 19.2 Å². The molecule has 1 unspecified atom stereocenters. The van der Waals surface area contributed by atoms with Gasteiger partial charge < -0.3 is 4.52 Å². The first-order valence-corrected chi connectivity index (χ1v) is 6.02. The molecule has 1 aromatic heterocycles. The van der Waals surface area contributed by atoms with E-state index in [1.54, 1.807) is 12.1 Å². The Bertz CT molecular complexity index is 574. The molecular weight excluding hydrogens is 250 g/mol. The summed E-state index contributed by atoms with van der Waals surface area (Å²) in [6.07, 6.45) is 1.09. The molecule has 92 valence electrons. The zero-order chi connectivity index (χ0) is 13.0. The molecular formula is C13H12ClN3O. The maximum Gasteiger partial charge on any atom is 0.227 e. The summed E-state index contributed by atoms with van der Waals surface area (Å²) in [4.78, 5) is 4.30. The Labute approximate surface area is 110 Å². The minimum atomic E-state index is 0.211. The van der Waals surface area contributed by atoms with E-state index < -0.39 is 0 Å². The molecule has 2 rings (SSSR count). The monoisotopic (exact) mass is 261 g/mol. The van der Waals surface area contributed by atoms with Gasteiger partial charge in [0.2, 0.25) is 11.7 Å². The number of benzene rings is 1. The average molecular weight is 262 g/mol. The Morgan fingerprint density at radius 1 is 1.50 bits per heavy atom. The molecule has 0 aliphatic carbocycles. The highest BCUT2D eigenvalue weighted by Gasteiger charge is 2.12. The first kappa shape index (κ1) is 12.6. The van der Waals surface area contributed by atoms with Gasteiger partial charge in [-0.2, -0.15) is 10.2 Å². The Morgan fingerprint density at radius 3 is 3.06 bits per heavy atom. The lowest BCUT2D eigenvalue weighted by molar-refractivity contribution is 0.359. The van der Waals surface area contributed by atoms with Crippen LogP contribution < -0.4 is 0 Å². The first-order valence-electron chi connectivity index (χ1n) is 5.64. The molecule has 0 spiro atoms. The third-order valence-electron chi connectivity index (χ3n) is 2.51. The average Bonchev–Trinajstić information content (AvgIpc) is 2.78. The number of nitriles is 1. The number of rotatable bonds is 4. The van der Waals surface area contributed by atoms with E-state index in [1.807, 2.05) is 19.1 Å². The van der Waals surface area contributed by atoms with Crippen molar-refractivity contribution in [1.29, 1.82) is 5.26 Å². The summed E-state index contributed by atoms with van der Waals surface area (Å²) in [7, 11) is 0. The van der Waals surface area contributed by atoms with Gasteiger partial charge in [-0.3, -0.25) is 0 Å². The molecule has 0 fully saturated rings. The largest absolute Gasteiger partial charge is 0.339 e. The van der Waals surface area contributed by atoms with Crippen LogP contribution in [0.4, 0.5) is 0 Å². The number of hydrogen-bond donors (Lipinski definition) is 0. The summed E-state index contributed by atoms with van der Waals surface area (Å²) in [5.74, 6) is 1.28. The van der Waals surface area contributed by atoms with Crippen LogP contribution >= 0.6 is 11.6 Å². The fourth-order valence-electron chi connectivity index (χ4n) is 1.61. The normalized spacial score (nSPS) is 12.1. The number of aromatic nitrogens is 2. The molecule has 1 atom stereocenters. The van der Waals surface area contributed by atoms with Crippen molar-refractivity contribution in [2.45, 2.75) is 19.8 Å². The topological polar surface area (TPSA) is 62.7 Å². The smallest absolute Gasteiger partial charge is 0.227 e. The summed E-state index contributed by atoms with van der Waals surface area (Å²) >= 11 is 5.90. The third-order valence-corrected chi connectivity index (χ3v) is 2.75. The van der Waals surface area contributed by atoms with Crippen LogP contribution in [0.3, 0.4) is 0 Å². The fourth-order valence-corrected chi connectivity index (χ4v) is 1.80. The predicted molar refractivity (Wildman–Crippen MR) is 67.8 cm³/mol. The standard InChI is InChI=1S/C13H12ClN3O/c1-9(5-6-15)7-12-16-13(17-18-12)10-3-2-4-11(14)8-10/h2-4,8-9H,5,7H2,1H3. The van der Waals surface area contributed by atoms with Gasteiger partial charge in [-0.15, -0.1) is 0 Å². The van der Waals surface area contributed by atoms with Gasteiger partial charge in [0.05, 0.1) is 6.07 Å². The van der Waals surface area contributed by atoms with E-state index in [-0.39, 0.29) is 5.92 Å². The van der Waals surface area contributed by atoms with Crippen LogP contribution in [-0.2, 0) is 6.42 Å². The quantitative estimate of drug-likeness (QED) is 0.845. The van der Waals surface area contributed by atoms with Crippen molar-refractivity contribution < 1.29 is 4.52 Å². The predicted octanol–water partition coefficient (Wildman–Crippen LogP) is 3.48. The lowest BCUT2D eigenvalue weighted by Crippen LogP contribution is -1.98. The molecule has 0 aliphatic heterocycles. The molecule has 0 saturated carbocycles. The summed E-state index contributed by atoms with van der Waals surface area (Å²) in [5.41, 5.74) is 0.824. The third kappa shape index (κ3) is 3.08. The fraction of sp³-hybridized carbons (Fsp3) is 0.308. The molecule has 0 saturated heterocycles. The highest BCUT2D eigenvalue weighted by molar-refractivity contribution is 6.30. The summed E-state index contributed by atoms with van der Waals surface area (Å²) < 4.78 is 5.16. The first-order chi connectivity index (χ1) is 8.69. The summed E-state index contributed by atoms with van der Waals surface area (Å²) in [6.45, 7) is 1.98. The molecule has 5 heteroatoms. The lowest BCUT2D eigenvalue weighted by Gasteiger charge is -2.00. The van der Waals surface area contributed by atoms with Crippen LogP contribution in [0.2, 0.25) is 5.02 Å². The van der Waals surface area contributed by atoms with Gasteiger partial charge in [0.15, 0.2) is 0 Å². The van der Waals surface area contributed by atoms with Crippen molar-refractivity contribution in [3.8, 4) is 17.5 Å². The van der Waals surface area contributed by atoms with Crippen molar-refractivity contribution in [3.63, 3.8) is 0 Å². The van der Waals surface area contributed by atoms with Crippen molar-refractivity contribution in [2.75, 3.05) is 0 Å². The zero-order valence-corrected chi connectivity index (χ0v) is 10.7. The molecule has 0 amide bonds. The van der Waals surface area contributed by atoms with Crippen molar-refractivity contribution in [3.05, 3.63) is 35.2 Å². The Balaban J connectivity index is 2.13. The van der Waals surface area contributed by atoms with Crippen LogP contribution in [0.25, 0.3) is 11.4 Å². The van der Waals surface area contributed by atoms with E-state index in [4.69, 9.17) is 21.4 Å². The van der Waals surface area contributed by atoms with Crippen LogP contribution in [0.5, 0.6) is 0 Å². The van der Waals surface area contributed by atoms with E-state index in [9.17, 15) is 0 Å². The maximum absolute atomic E-state index is 8.60. The Hall–Kier alpha value is -1.86. The second-order valence-corrected chi connectivity index (χ2v) is 4.63. The Kier molecular flexibility index (Phi) is 3.96. The van der Waals surface area contributed by atoms with Gasteiger partial charge in [-0.25, -0.2) is 0 Å². The number of hydrogen-bond acceptors (Lipinski definition) is 4. The highest BCUT2D eigenvalue weighted by Crippen LogP contribution is 2.20. The van der Waals surface area contributed by atoms with Gasteiger partial charge in [0.1, 0.15) is 0 Å². The minimum absolute atomic E-state index is 0.211. The summed E-state index contributed by atoms with van der Waals surface area (Å²) in [5, 5.41) is 13.1. The van der Waals surface area contributed by atoms with Crippen molar-refractivity contribution in [1.82, 2.24) is 10.1 Å². The SMILES string of the molecule is CC(CC#N)Cc1nc(-c2cccc(Cl)c2)no1. The number of nitrogens with zero attached hydrogens (tertiary/aromatic N) is 3. The van der Waals surface area contributed by atoms with Gasteiger partial charge in [0.25, 0.3) is 0 Å². The van der Waals surface area contributed by atoms with E-state index in [1.165, 1.54) is 0 Å². The molecule has 4 nitrogen and oxygen atoms in total. The van der Waals surface area contributed by atoms with Crippen molar-refractivity contribution >= 4 is 11.6 Å². The van der Waals surface area contributed by atoms with E-state index in [0.29, 0.717) is 29.6 Å². The molecule has 18 heavy (non-hydrogen) atoms. The van der Waals surface area contributed by atoms with Gasteiger partial charge in [-0.1, -0.05) is 35.8 Å². The van der Waals surface area contributed by atoms with E-state index in [0.717, 1.165) is 5.56 Å². The molecule has 0 bridgehead atoms. The molecule has 0 radical (unpaired) electrons. The second-order valence-electron chi connectivity index (χ2n) is 4.19. The molecule has 1 heterocycles. The molecule has 2 aromatic rings. The Morgan fingerprint density at radius 2 is 2.33 bits per heavy atom. The van der Waals surface area contributed by atoms with Gasteiger partial charge in [0, 0.05) is 23.4 Å². The summed E-state index contributed by atoms with van der Waals surface area (Å²) in [6, 6.07) is 9.42. The maximum atomic E-state index is 8.60. The van der Waals surface area contributed by atoms with Crippen LogP contribution in [0, 0.1) is 17.2 Å². The van der Waals surface area contributed by atoms with Gasteiger partial charge >= 0.3 is 0 Å². The van der Waals surface area contributed by atoms with E-state index in [2.05, 4.69) is 16.2 Å². The zero-order valence-electron chi connectivity index (χ0n) is 9.93. The molecule has 0 aliphatic rings. The second kappa shape index (κ2) is 5.65. The van der Waals surface area contributed by atoms with Crippen molar-refractivity contribution in [2.24, 2.45) is 5.92 Å². The minimum Gasteiger partial charge on any atom is -0.339 e. The molecule has 0 N–H and O–H groups in total. The van der Waals surface area contributed by atoms with Crippen LogP contribution in [-0.4, -0.2) is 10.1 Å². The highest BCUT2D eigenvalue weighted by atomic mass is 35.5. The number of halogens is 1. The van der Waals surface area contributed by atoms with E-state index >= 15 is 0 Å². The molecule has 1 aromatic carbocycles.